The largest absolute Gasteiger partial charge is 0.508 e. The molecule has 20 heavy (non-hydrogen) atoms. The molecular formula is C17H21NO2. The van der Waals surface area contributed by atoms with Gasteiger partial charge in [-0.25, -0.2) is 0 Å². The SMILES string of the molecule is C[C@H](CCc1ccc(O)cc1)Nc1cccc(CO)c1. The van der Waals surface area contributed by atoms with Gasteiger partial charge in [0.05, 0.1) is 6.61 Å². The Balaban J connectivity index is 1.85. The highest BCUT2D eigenvalue weighted by Gasteiger charge is 2.03. The minimum Gasteiger partial charge on any atom is -0.508 e. The molecule has 2 aromatic carbocycles. The fourth-order valence-corrected chi connectivity index (χ4v) is 2.16. The van der Waals surface area contributed by atoms with Crippen LogP contribution in [0.4, 0.5) is 5.69 Å². The number of aliphatic hydroxyl groups excluding tert-OH is 1. The molecule has 0 aliphatic rings. The molecule has 0 heterocycles. The summed E-state index contributed by atoms with van der Waals surface area (Å²) in [5.41, 5.74) is 3.18. The summed E-state index contributed by atoms with van der Waals surface area (Å²) in [6.45, 7) is 2.21. The second-order valence-corrected chi connectivity index (χ2v) is 5.11. The molecule has 0 saturated heterocycles. The molecule has 0 saturated carbocycles. The summed E-state index contributed by atoms with van der Waals surface area (Å²) in [7, 11) is 0. The average Bonchev–Trinajstić information content (AvgIpc) is 2.47. The molecule has 0 aliphatic heterocycles. The van der Waals surface area contributed by atoms with Gasteiger partial charge in [0.2, 0.25) is 0 Å². The van der Waals surface area contributed by atoms with E-state index in [-0.39, 0.29) is 6.61 Å². The van der Waals surface area contributed by atoms with Crippen molar-refractivity contribution in [2.75, 3.05) is 5.32 Å². The highest BCUT2D eigenvalue weighted by molar-refractivity contribution is 5.46. The first-order valence-corrected chi connectivity index (χ1v) is 6.91. The van der Waals surface area contributed by atoms with Crippen molar-refractivity contribution in [1.82, 2.24) is 0 Å². The summed E-state index contributed by atoms with van der Waals surface area (Å²) < 4.78 is 0. The zero-order valence-corrected chi connectivity index (χ0v) is 11.7. The van der Waals surface area contributed by atoms with Gasteiger partial charge in [0.1, 0.15) is 5.75 Å². The van der Waals surface area contributed by atoms with Gasteiger partial charge >= 0.3 is 0 Å². The van der Waals surface area contributed by atoms with Crippen molar-refractivity contribution in [3.63, 3.8) is 0 Å². The zero-order valence-electron chi connectivity index (χ0n) is 11.7. The molecule has 2 aromatic rings. The number of aliphatic hydroxyl groups is 1. The maximum atomic E-state index is 9.25. The van der Waals surface area contributed by atoms with Crippen LogP contribution in [0.5, 0.6) is 5.75 Å². The van der Waals surface area contributed by atoms with E-state index in [0.717, 1.165) is 24.1 Å². The van der Waals surface area contributed by atoms with Gasteiger partial charge in [-0.1, -0.05) is 24.3 Å². The standard InChI is InChI=1S/C17H21NO2/c1-13(5-6-14-7-9-17(20)10-8-14)18-16-4-2-3-15(11-16)12-19/h2-4,7-11,13,18-20H,5-6,12H2,1H3/t13-/m1/s1. The number of anilines is 1. The Labute approximate surface area is 119 Å². The number of nitrogens with one attached hydrogen (secondary N) is 1. The van der Waals surface area contributed by atoms with Gasteiger partial charge < -0.3 is 15.5 Å². The number of phenolic OH excluding ortho intramolecular Hbond substituents is 1. The van der Waals surface area contributed by atoms with Crippen molar-refractivity contribution >= 4 is 5.69 Å². The van der Waals surface area contributed by atoms with E-state index in [4.69, 9.17) is 5.11 Å². The Kier molecular flexibility index (Phi) is 5.02. The summed E-state index contributed by atoms with van der Waals surface area (Å²) in [5, 5.41) is 21.8. The van der Waals surface area contributed by atoms with Crippen LogP contribution in [0.2, 0.25) is 0 Å². The molecule has 0 unspecified atom stereocenters. The minimum atomic E-state index is 0.0669. The highest BCUT2D eigenvalue weighted by atomic mass is 16.3. The molecule has 0 bridgehead atoms. The normalized spacial score (nSPS) is 12.1. The molecule has 3 nitrogen and oxygen atoms in total. The Morgan fingerprint density at radius 2 is 1.80 bits per heavy atom. The molecule has 1 atom stereocenters. The van der Waals surface area contributed by atoms with E-state index in [1.807, 2.05) is 36.4 Å². The second kappa shape index (κ2) is 6.96. The van der Waals surface area contributed by atoms with E-state index >= 15 is 0 Å². The Morgan fingerprint density at radius 1 is 1.05 bits per heavy atom. The second-order valence-electron chi connectivity index (χ2n) is 5.11. The molecule has 0 aliphatic carbocycles. The van der Waals surface area contributed by atoms with Gasteiger partial charge in [0.15, 0.2) is 0 Å². The van der Waals surface area contributed by atoms with Gasteiger partial charge in [-0.15, -0.1) is 0 Å². The quantitative estimate of drug-likeness (QED) is 0.755. The van der Waals surface area contributed by atoms with Crippen molar-refractivity contribution in [1.29, 1.82) is 0 Å². The number of benzene rings is 2. The smallest absolute Gasteiger partial charge is 0.115 e. The van der Waals surface area contributed by atoms with Crippen molar-refractivity contribution in [2.24, 2.45) is 0 Å². The van der Waals surface area contributed by atoms with Crippen LogP contribution in [0.15, 0.2) is 48.5 Å². The minimum absolute atomic E-state index is 0.0669. The molecule has 3 N–H and O–H groups in total. The summed E-state index contributed by atoms with van der Waals surface area (Å²) in [5.74, 6) is 0.306. The highest BCUT2D eigenvalue weighted by Crippen LogP contribution is 2.15. The van der Waals surface area contributed by atoms with Crippen LogP contribution in [-0.4, -0.2) is 16.3 Å². The Hall–Kier alpha value is -2.00. The van der Waals surface area contributed by atoms with Crippen molar-refractivity contribution in [2.45, 2.75) is 32.4 Å². The maximum absolute atomic E-state index is 9.25. The van der Waals surface area contributed by atoms with Gasteiger partial charge in [0, 0.05) is 11.7 Å². The van der Waals surface area contributed by atoms with E-state index in [0.29, 0.717) is 11.8 Å². The van der Waals surface area contributed by atoms with Crippen LogP contribution >= 0.6 is 0 Å². The number of phenols is 1. The van der Waals surface area contributed by atoms with Crippen LogP contribution in [0, 0.1) is 0 Å². The predicted octanol–water partition coefficient (Wildman–Crippen LogP) is 3.32. The lowest BCUT2D eigenvalue weighted by Gasteiger charge is -2.16. The van der Waals surface area contributed by atoms with Crippen LogP contribution in [0.25, 0.3) is 0 Å². The topological polar surface area (TPSA) is 52.5 Å². The van der Waals surface area contributed by atoms with Crippen LogP contribution < -0.4 is 5.32 Å². The van der Waals surface area contributed by atoms with Crippen LogP contribution in [-0.2, 0) is 13.0 Å². The Morgan fingerprint density at radius 3 is 2.50 bits per heavy atom. The molecule has 0 aromatic heterocycles. The van der Waals surface area contributed by atoms with Crippen molar-refractivity contribution < 1.29 is 10.2 Å². The molecule has 106 valence electrons. The number of aryl methyl sites for hydroxylation is 1. The molecule has 3 heteroatoms. The third-order valence-electron chi connectivity index (χ3n) is 3.32. The summed E-state index contributed by atoms with van der Waals surface area (Å²) in [4.78, 5) is 0. The third-order valence-corrected chi connectivity index (χ3v) is 3.32. The first kappa shape index (κ1) is 14.4. The summed E-state index contributed by atoms with van der Waals surface area (Å²) in [6, 6.07) is 15.5. The summed E-state index contributed by atoms with van der Waals surface area (Å²) in [6.07, 6.45) is 1.97. The fraction of sp³-hybridized carbons (Fsp3) is 0.294. The third kappa shape index (κ3) is 4.28. The molecular weight excluding hydrogens is 250 g/mol. The molecule has 0 radical (unpaired) electrons. The monoisotopic (exact) mass is 271 g/mol. The lowest BCUT2D eigenvalue weighted by Crippen LogP contribution is -2.16. The lowest BCUT2D eigenvalue weighted by atomic mass is 10.1. The first-order chi connectivity index (χ1) is 9.67. The molecule has 0 fully saturated rings. The van der Waals surface area contributed by atoms with E-state index in [2.05, 4.69) is 12.2 Å². The van der Waals surface area contributed by atoms with Gasteiger partial charge in [-0.05, 0) is 55.2 Å². The number of rotatable bonds is 6. The van der Waals surface area contributed by atoms with E-state index in [1.165, 1.54) is 5.56 Å². The van der Waals surface area contributed by atoms with Crippen molar-refractivity contribution in [3.8, 4) is 5.75 Å². The molecule has 0 amide bonds. The van der Waals surface area contributed by atoms with E-state index < -0.39 is 0 Å². The van der Waals surface area contributed by atoms with Crippen molar-refractivity contribution in [3.05, 3.63) is 59.7 Å². The van der Waals surface area contributed by atoms with Gasteiger partial charge in [0.25, 0.3) is 0 Å². The van der Waals surface area contributed by atoms with Gasteiger partial charge in [-0.3, -0.25) is 0 Å². The number of aromatic hydroxyl groups is 1. The van der Waals surface area contributed by atoms with E-state index in [9.17, 15) is 5.11 Å². The number of hydrogen-bond donors (Lipinski definition) is 3. The summed E-state index contributed by atoms with van der Waals surface area (Å²) >= 11 is 0. The molecule has 0 spiro atoms. The lowest BCUT2D eigenvalue weighted by molar-refractivity contribution is 0.282. The van der Waals surface area contributed by atoms with Gasteiger partial charge in [-0.2, -0.15) is 0 Å². The first-order valence-electron chi connectivity index (χ1n) is 6.91. The average molecular weight is 271 g/mol. The maximum Gasteiger partial charge on any atom is 0.115 e. The van der Waals surface area contributed by atoms with Crippen LogP contribution in [0.1, 0.15) is 24.5 Å². The Bertz CT molecular complexity index is 537. The predicted molar refractivity (Wildman–Crippen MR) is 81.9 cm³/mol. The zero-order chi connectivity index (χ0) is 14.4. The van der Waals surface area contributed by atoms with Crippen LogP contribution in [0.3, 0.4) is 0 Å². The fourth-order valence-electron chi connectivity index (χ4n) is 2.16. The molecule has 2 rings (SSSR count). The van der Waals surface area contributed by atoms with E-state index in [1.54, 1.807) is 12.1 Å². The number of hydrogen-bond acceptors (Lipinski definition) is 3.